The second-order valence-electron chi connectivity index (χ2n) is 13.3. The molecule has 0 amide bonds. The molecule has 0 aromatic heterocycles. The molecule has 39 heavy (non-hydrogen) atoms. The molecule has 2 unspecified atom stereocenters. The molecule has 8 nitrogen and oxygen atoms in total. The number of rotatable bonds is 6. The van der Waals surface area contributed by atoms with Crippen LogP contribution in [0.3, 0.4) is 0 Å². The molecule has 8 heteroatoms. The highest BCUT2D eigenvalue weighted by molar-refractivity contribution is 5.92. The van der Waals surface area contributed by atoms with E-state index < -0.39 is 17.5 Å². The number of methoxy groups -OCH3 is 2. The zero-order valence-corrected chi connectivity index (χ0v) is 23.2. The Morgan fingerprint density at radius 1 is 1.10 bits per heavy atom. The van der Waals surface area contributed by atoms with E-state index in [0.29, 0.717) is 18.1 Å². The molecule has 4 aliphatic carbocycles. The molecule has 0 radical (unpaired) electrons. The lowest BCUT2D eigenvalue weighted by molar-refractivity contribution is -0.395. The molecular formula is C31H36O8. The van der Waals surface area contributed by atoms with E-state index in [1.54, 1.807) is 19.2 Å². The van der Waals surface area contributed by atoms with Gasteiger partial charge in [-0.25, -0.2) is 9.59 Å². The van der Waals surface area contributed by atoms with Crippen LogP contribution in [0.2, 0.25) is 0 Å². The molecule has 6 fully saturated rings. The lowest BCUT2D eigenvalue weighted by Gasteiger charge is -2.73. The SMILES string of the molecule is COC(=O)c1ccc(C(OC)O[C@@H]2[C@@]3(C(C)C)O[C@H]3[C@@H]3C[C@@]34[C@@]3(C)CCC5=C(COC5=O)[C@H]3C3C[C@@]24O3)cc1. The Morgan fingerprint density at radius 2 is 1.85 bits per heavy atom. The van der Waals surface area contributed by atoms with Gasteiger partial charge in [0.1, 0.15) is 23.9 Å². The van der Waals surface area contributed by atoms with Crippen molar-refractivity contribution in [3.8, 4) is 0 Å². The first-order chi connectivity index (χ1) is 18.7. The van der Waals surface area contributed by atoms with E-state index in [1.807, 2.05) is 12.1 Å². The maximum Gasteiger partial charge on any atom is 0.337 e. The van der Waals surface area contributed by atoms with Crippen LogP contribution in [-0.4, -0.2) is 62.3 Å². The number of carbonyl (C=O) groups excluding carboxylic acids is 2. The van der Waals surface area contributed by atoms with E-state index in [2.05, 4.69) is 20.8 Å². The zero-order valence-electron chi connectivity index (χ0n) is 23.2. The Morgan fingerprint density at radius 3 is 2.51 bits per heavy atom. The first-order valence-electron chi connectivity index (χ1n) is 14.3. The first kappa shape index (κ1) is 24.5. The monoisotopic (exact) mass is 536 g/mol. The minimum atomic E-state index is -0.640. The molecule has 9 rings (SSSR count). The Bertz CT molecular complexity index is 1310. The fourth-order valence-electron chi connectivity index (χ4n) is 10.2. The largest absolute Gasteiger partial charge is 0.465 e. The average Bonchev–Trinajstić information content (AvgIpc) is 3.80. The standard InChI is InChI=1S/C31H36O8/c1-15(2)31-23(39-31)20-12-29(20)28(3)11-10-18-19(14-36-25(18)33)22(28)21-13-30(29,38-21)27(31)37-26(35-5)17-8-6-16(7-9-17)24(32)34-4/h6-9,15,20-23,26-27H,10-14H2,1-5H3/t20-,21?,22-,23-,26?,27-,28-,29-,30+,31-/m0/s1. The number of epoxide rings is 1. The summed E-state index contributed by atoms with van der Waals surface area (Å²) in [5.74, 6) is 0.359. The summed E-state index contributed by atoms with van der Waals surface area (Å²) in [7, 11) is 3.03. The number of benzene rings is 1. The quantitative estimate of drug-likeness (QED) is 0.305. The molecule has 208 valence electrons. The van der Waals surface area contributed by atoms with Crippen molar-refractivity contribution in [3.63, 3.8) is 0 Å². The molecule has 0 N–H and O–H groups in total. The highest BCUT2D eigenvalue weighted by Crippen LogP contribution is 2.89. The van der Waals surface area contributed by atoms with Gasteiger partial charge < -0.3 is 28.4 Å². The van der Waals surface area contributed by atoms with Crippen LogP contribution in [0.25, 0.3) is 0 Å². The Hall–Kier alpha value is -2.26. The Kier molecular flexibility index (Phi) is 4.73. The molecule has 8 aliphatic rings. The third-order valence-corrected chi connectivity index (χ3v) is 11.9. The number of hydrogen-bond acceptors (Lipinski definition) is 8. The van der Waals surface area contributed by atoms with E-state index in [4.69, 9.17) is 28.4 Å². The molecule has 2 bridgehead atoms. The number of carbonyl (C=O) groups is 2. The Labute approximate surface area is 228 Å². The van der Waals surface area contributed by atoms with Crippen LogP contribution < -0.4 is 0 Å². The van der Waals surface area contributed by atoms with Gasteiger partial charge in [0.25, 0.3) is 0 Å². The predicted molar refractivity (Wildman–Crippen MR) is 136 cm³/mol. The lowest BCUT2D eigenvalue weighted by Crippen LogP contribution is -2.80. The summed E-state index contributed by atoms with van der Waals surface area (Å²) in [5.41, 5.74) is 2.42. The van der Waals surface area contributed by atoms with Crippen molar-refractivity contribution in [2.24, 2.45) is 28.6 Å². The fourth-order valence-corrected chi connectivity index (χ4v) is 10.2. The number of fused-ring (bicyclic) bond motifs is 2. The van der Waals surface area contributed by atoms with Gasteiger partial charge in [-0.05, 0) is 54.2 Å². The van der Waals surface area contributed by atoms with Gasteiger partial charge in [0.15, 0.2) is 6.29 Å². The zero-order chi connectivity index (χ0) is 27.1. The van der Waals surface area contributed by atoms with Crippen molar-refractivity contribution in [1.82, 2.24) is 0 Å². The fraction of sp³-hybridized carbons (Fsp3) is 0.677. The molecule has 1 aromatic rings. The summed E-state index contributed by atoms with van der Waals surface area (Å²) in [5, 5.41) is 0. The molecule has 4 heterocycles. The van der Waals surface area contributed by atoms with Gasteiger partial charge in [-0.3, -0.25) is 0 Å². The van der Waals surface area contributed by atoms with Crippen molar-refractivity contribution >= 4 is 11.9 Å². The number of cyclic esters (lactones) is 1. The second kappa shape index (κ2) is 7.52. The highest BCUT2D eigenvalue weighted by Gasteiger charge is 2.96. The van der Waals surface area contributed by atoms with Crippen LogP contribution >= 0.6 is 0 Å². The van der Waals surface area contributed by atoms with E-state index in [9.17, 15) is 9.59 Å². The smallest absolute Gasteiger partial charge is 0.337 e. The van der Waals surface area contributed by atoms with E-state index >= 15 is 0 Å². The molecule has 4 aliphatic heterocycles. The van der Waals surface area contributed by atoms with Gasteiger partial charge in [-0.2, -0.15) is 0 Å². The third-order valence-electron chi connectivity index (χ3n) is 11.9. The summed E-state index contributed by atoms with van der Waals surface area (Å²) in [6.07, 6.45) is 2.92. The van der Waals surface area contributed by atoms with Crippen LogP contribution in [0, 0.1) is 28.6 Å². The van der Waals surface area contributed by atoms with Crippen LogP contribution in [-0.2, 0) is 33.2 Å². The van der Waals surface area contributed by atoms with Gasteiger partial charge in [0.05, 0.1) is 24.9 Å². The molecule has 10 atom stereocenters. The maximum absolute atomic E-state index is 12.5. The van der Waals surface area contributed by atoms with Gasteiger partial charge in [0, 0.05) is 36.0 Å². The summed E-state index contributed by atoms with van der Waals surface area (Å²) >= 11 is 0. The van der Waals surface area contributed by atoms with Crippen LogP contribution in [0.5, 0.6) is 0 Å². The predicted octanol–water partition coefficient (Wildman–Crippen LogP) is 4.13. The summed E-state index contributed by atoms with van der Waals surface area (Å²) in [6, 6.07) is 7.20. The van der Waals surface area contributed by atoms with Crippen molar-refractivity contribution in [2.45, 2.75) is 82.3 Å². The Balaban J connectivity index is 1.19. The molecule has 2 spiro atoms. The average molecular weight is 537 g/mol. The molecular weight excluding hydrogens is 500 g/mol. The van der Waals surface area contributed by atoms with Crippen LogP contribution in [0.1, 0.15) is 68.7 Å². The minimum Gasteiger partial charge on any atom is -0.465 e. The third kappa shape index (κ3) is 2.61. The highest BCUT2D eigenvalue weighted by atomic mass is 16.7. The van der Waals surface area contributed by atoms with Gasteiger partial charge in [0.2, 0.25) is 0 Å². The van der Waals surface area contributed by atoms with Crippen LogP contribution in [0.15, 0.2) is 35.4 Å². The number of ether oxygens (including phenoxy) is 6. The van der Waals surface area contributed by atoms with Crippen molar-refractivity contribution in [1.29, 1.82) is 0 Å². The van der Waals surface area contributed by atoms with Crippen molar-refractivity contribution in [3.05, 3.63) is 46.5 Å². The van der Waals surface area contributed by atoms with E-state index in [1.165, 1.54) is 12.7 Å². The minimum absolute atomic E-state index is 0.00687. The first-order valence-corrected chi connectivity index (χ1v) is 14.3. The van der Waals surface area contributed by atoms with Crippen LogP contribution in [0.4, 0.5) is 0 Å². The normalized spacial score (nSPS) is 46.6. The molecule has 3 saturated carbocycles. The number of esters is 2. The van der Waals surface area contributed by atoms with Crippen molar-refractivity contribution in [2.75, 3.05) is 20.8 Å². The van der Waals surface area contributed by atoms with Gasteiger partial charge >= 0.3 is 11.9 Å². The van der Waals surface area contributed by atoms with Gasteiger partial charge in [-0.1, -0.05) is 32.9 Å². The van der Waals surface area contributed by atoms with E-state index in [0.717, 1.165) is 36.8 Å². The second-order valence-corrected chi connectivity index (χ2v) is 13.3. The summed E-state index contributed by atoms with van der Waals surface area (Å²) < 4.78 is 37.2. The van der Waals surface area contributed by atoms with Crippen molar-refractivity contribution < 1.29 is 38.0 Å². The molecule has 1 aromatic carbocycles. The van der Waals surface area contributed by atoms with E-state index in [-0.39, 0.29) is 52.9 Å². The summed E-state index contributed by atoms with van der Waals surface area (Å²) in [6.45, 7) is 7.29. The molecule has 3 saturated heterocycles. The summed E-state index contributed by atoms with van der Waals surface area (Å²) in [4.78, 5) is 24.4. The lowest BCUT2D eigenvalue weighted by atomic mass is 9.40. The maximum atomic E-state index is 12.5. The topological polar surface area (TPSA) is 92.8 Å². The van der Waals surface area contributed by atoms with Gasteiger partial charge in [-0.15, -0.1) is 0 Å². The number of hydrogen-bond donors (Lipinski definition) is 0.